The number of urea groups is 1. The van der Waals surface area contributed by atoms with E-state index in [0.717, 1.165) is 29.9 Å². The van der Waals surface area contributed by atoms with E-state index in [0.29, 0.717) is 13.1 Å². The van der Waals surface area contributed by atoms with Crippen molar-refractivity contribution >= 4 is 17.5 Å². The molecule has 0 aliphatic carbocycles. The molecule has 1 atom stereocenters. The zero-order valence-electron chi connectivity index (χ0n) is 15.3. The van der Waals surface area contributed by atoms with Gasteiger partial charge in [-0.2, -0.15) is 0 Å². The lowest BCUT2D eigenvalue weighted by Gasteiger charge is -2.36. The quantitative estimate of drug-likeness (QED) is 0.858. The van der Waals surface area contributed by atoms with E-state index >= 15 is 0 Å². The number of hydrogen-bond acceptors (Lipinski definition) is 3. The number of piperazine rings is 1. The van der Waals surface area contributed by atoms with Crippen LogP contribution in [-0.4, -0.2) is 42.9 Å². The fourth-order valence-electron chi connectivity index (χ4n) is 3.19. The van der Waals surface area contributed by atoms with Crippen molar-refractivity contribution in [3.8, 4) is 0 Å². The van der Waals surface area contributed by atoms with Gasteiger partial charge in [0.05, 0.1) is 6.04 Å². The summed E-state index contributed by atoms with van der Waals surface area (Å²) in [7, 11) is 0. The summed E-state index contributed by atoms with van der Waals surface area (Å²) in [6.07, 6.45) is 0. The Bertz CT molecular complexity index is 768. The lowest BCUT2D eigenvalue weighted by molar-refractivity contribution is 0.101. The Hall–Kier alpha value is -2.82. The van der Waals surface area contributed by atoms with Gasteiger partial charge >= 0.3 is 6.03 Å². The number of Topliss-reactive ketones (excluding diaryl/α,β-unsaturated/α-hetero) is 1. The summed E-state index contributed by atoms with van der Waals surface area (Å²) in [5.41, 5.74) is 2.86. The Morgan fingerprint density at radius 1 is 0.962 bits per heavy atom. The third-order valence-electron chi connectivity index (χ3n) is 4.82. The van der Waals surface area contributed by atoms with Crippen molar-refractivity contribution in [2.75, 3.05) is 31.1 Å². The number of hydrogen-bond donors (Lipinski definition) is 1. The maximum absolute atomic E-state index is 12.5. The van der Waals surface area contributed by atoms with Gasteiger partial charge in [-0.05, 0) is 31.5 Å². The minimum absolute atomic E-state index is 0.0195. The number of carbonyl (C=O) groups is 2. The number of rotatable bonds is 4. The van der Waals surface area contributed by atoms with Gasteiger partial charge in [0.25, 0.3) is 0 Å². The first-order valence-corrected chi connectivity index (χ1v) is 9.01. The number of nitrogens with zero attached hydrogens (tertiary/aromatic N) is 2. The standard InChI is InChI=1S/C21H25N3O2/c1-16(18-7-4-3-5-8-18)22-21(26)24-13-11-23(12-14-24)20-10-6-9-19(15-20)17(2)25/h3-10,15-16H,11-14H2,1-2H3,(H,22,26). The molecule has 0 radical (unpaired) electrons. The van der Waals surface area contributed by atoms with Crippen LogP contribution in [0.15, 0.2) is 54.6 Å². The smallest absolute Gasteiger partial charge is 0.317 e. The zero-order valence-corrected chi connectivity index (χ0v) is 15.3. The van der Waals surface area contributed by atoms with Crippen molar-refractivity contribution in [1.82, 2.24) is 10.2 Å². The summed E-state index contributed by atoms with van der Waals surface area (Å²) in [6.45, 7) is 6.42. The van der Waals surface area contributed by atoms with Crippen LogP contribution in [0.25, 0.3) is 0 Å². The van der Waals surface area contributed by atoms with E-state index in [1.165, 1.54) is 0 Å². The van der Waals surface area contributed by atoms with Gasteiger partial charge in [0.1, 0.15) is 0 Å². The van der Waals surface area contributed by atoms with Crippen LogP contribution in [0.3, 0.4) is 0 Å². The lowest BCUT2D eigenvalue weighted by atomic mass is 10.1. The van der Waals surface area contributed by atoms with E-state index in [9.17, 15) is 9.59 Å². The van der Waals surface area contributed by atoms with Crippen LogP contribution in [-0.2, 0) is 0 Å². The third kappa shape index (κ3) is 4.23. The molecular formula is C21H25N3O2. The van der Waals surface area contributed by atoms with E-state index in [4.69, 9.17) is 0 Å². The number of nitrogens with one attached hydrogen (secondary N) is 1. The summed E-state index contributed by atoms with van der Waals surface area (Å²) >= 11 is 0. The Morgan fingerprint density at radius 2 is 1.65 bits per heavy atom. The van der Waals surface area contributed by atoms with Gasteiger partial charge in [-0.3, -0.25) is 4.79 Å². The van der Waals surface area contributed by atoms with Crippen LogP contribution in [0.4, 0.5) is 10.5 Å². The molecule has 1 heterocycles. The van der Waals surface area contributed by atoms with Gasteiger partial charge in [-0.25, -0.2) is 4.79 Å². The minimum atomic E-state index is -0.0292. The van der Waals surface area contributed by atoms with Gasteiger partial charge < -0.3 is 15.1 Å². The summed E-state index contributed by atoms with van der Waals surface area (Å²) in [5, 5.41) is 3.07. The molecule has 5 nitrogen and oxygen atoms in total. The van der Waals surface area contributed by atoms with Crippen LogP contribution >= 0.6 is 0 Å². The van der Waals surface area contributed by atoms with Crippen molar-refractivity contribution in [2.24, 2.45) is 0 Å². The van der Waals surface area contributed by atoms with Crippen molar-refractivity contribution < 1.29 is 9.59 Å². The van der Waals surface area contributed by atoms with Gasteiger partial charge in [0, 0.05) is 37.4 Å². The second-order valence-corrected chi connectivity index (χ2v) is 6.66. The summed E-state index contributed by atoms with van der Waals surface area (Å²) in [6, 6.07) is 17.6. The second-order valence-electron chi connectivity index (χ2n) is 6.66. The highest BCUT2D eigenvalue weighted by atomic mass is 16.2. The Labute approximate surface area is 154 Å². The second kappa shape index (κ2) is 8.04. The zero-order chi connectivity index (χ0) is 18.5. The molecule has 136 valence electrons. The molecule has 2 aromatic rings. The summed E-state index contributed by atoms with van der Waals surface area (Å²) in [4.78, 5) is 28.2. The number of carbonyl (C=O) groups excluding carboxylic acids is 2. The van der Waals surface area contributed by atoms with Gasteiger partial charge in [0.2, 0.25) is 0 Å². The first kappa shape index (κ1) is 18.0. The molecule has 1 aliphatic rings. The Balaban J connectivity index is 1.55. The predicted octanol–water partition coefficient (Wildman–Crippen LogP) is 3.48. The molecule has 1 fully saturated rings. The maximum atomic E-state index is 12.5. The van der Waals surface area contributed by atoms with Gasteiger partial charge in [0.15, 0.2) is 5.78 Å². The fourth-order valence-corrected chi connectivity index (χ4v) is 3.19. The molecule has 2 amide bonds. The van der Waals surface area contributed by atoms with E-state index in [2.05, 4.69) is 10.2 Å². The molecule has 0 aromatic heterocycles. The average Bonchev–Trinajstić information content (AvgIpc) is 2.68. The van der Waals surface area contributed by atoms with Crippen molar-refractivity contribution in [2.45, 2.75) is 19.9 Å². The van der Waals surface area contributed by atoms with Crippen LogP contribution in [0.2, 0.25) is 0 Å². The molecule has 2 aromatic carbocycles. The van der Waals surface area contributed by atoms with Crippen molar-refractivity contribution in [3.05, 3.63) is 65.7 Å². The van der Waals surface area contributed by atoms with Crippen molar-refractivity contribution in [1.29, 1.82) is 0 Å². The van der Waals surface area contributed by atoms with Crippen LogP contribution in [0.5, 0.6) is 0 Å². The largest absolute Gasteiger partial charge is 0.368 e. The average molecular weight is 351 g/mol. The van der Waals surface area contributed by atoms with Gasteiger partial charge in [-0.1, -0.05) is 42.5 Å². The third-order valence-corrected chi connectivity index (χ3v) is 4.82. The normalized spacial score (nSPS) is 15.5. The number of benzene rings is 2. The number of anilines is 1. The minimum Gasteiger partial charge on any atom is -0.368 e. The van der Waals surface area contributed by atoms with Crippen LogP contribution in [0, 0.1) is 0 Å². The Morgan fingerprint density at radius 3 is 2.31 bits per heavy atom. The highest BCUT2D eigenvalue weighted by molar-refractivity contribution is 5.95. The molecule has 0 spiro atoms. The predicted molar refractivity (Wildman–Crippen MR) is 104 cm³/mol. The summed E-state index contributed by atoms with van der Waals surface area (Å²) < 4.78 is 0. The highest BCUT2D eigenvalue weighted by Crippen LogP contribution is 2.19. The van der Waals surface area contributed by atoms with Crippen LogP contribution < -0.4 is 10.2 Å². The number of amides is 2. The summed E-state index contributed by atoms with van der Waals surface area (Å²) in [5.74, 6) is 0.0692. The molecule has 1 unspecified atom stereocenters. The van der Waals surface area contributed by atoms with Crippen LogP contribution in [0.1, 0.15) is 35.8 Å². The van der Waals surface area contributed by atoms with E-state index < -0.39 is 0 Å². The van der Waals surface area contributed by atoms with E-state index in [1.54, 1.807) is 6.92 Å². The molecule has 5 heteroatoms. The molecule has 3 rings (SSSR count). The Kier molecular flexibility index (Phi) is 5.56. The highest BCUT2D eigenvalue weighted by Gasteiger charge is 2.22. The molecular weight excluding hydrogens is 326 g/mol. The molecule has 1 N–H and O–H groups in total. The topological polar surface area (TPSA) is 52.7 Å². The first-order valence-electron chi connectivity index (χ1n) is 9.01. The van der Waals surface area contributed by atoms with Gasteiger partial charge in [-0.15, -0.1) is 0 Å². The molecule has 1 saturated heterocycles. The lowest BCUT2D eigenvalue weighted by Crippen LogP contribution is -2.52. The SMILES string of the molecule is CC(=O)c1cccc(N2CCN(C(=O)NC(C)c3ccccc3)CC2)c1. The van der Waals surface area contributed by atoms with E-state index in [-0.39, 0.29) is 17.9 Å². The molecule has 26 heavy (non-hydrogen) atoms. The molecule has 1 aliphatic heterocycles. The monoisotopic (exact) mass is 351 g/mol. The van der Waals surface area contributed by atoms with Crippen molar-refractivity contribution in [3.63, 3.8) is 0 Å². The molecule has 0 bridgehead atoms. The molecule has 0 saturated carbocycles. The first-order chi connectivity index (χ1) is 12.5. The van der Waals surface area contributed by atoms with E-state index in [1.807, 2.05) is 66.4 Å². The fraction of sp³-hybridized carbons (Fsp3) is 0.333. The maximum Gasteiger partial charge on any atom is 0.317 e. The number of ketones is 1.